The minimum absolute atomic E-state index is 0.00455. The molecule has 5 nitrogen and oxygen atoms in total. The van der Waals surface area contributed by atoms with E-state index in [4.69, 9.17) is 11.6 Å². The van der Waals surface area contributed by atoms with Crippen LogP contribution in [0.3, 0.4) is 0 Å². The van der Waals surface area contributed by atoms with Crippen molar-refractivity contribution >= 4 is 45.8 Å². The molecule has 0 unspecified atom stereocenters. The van der Waals surface area contributed by atoms with Gasteiger partial charge in [-0.15, -0.1) is 10.2 Å². The lowest BCUT2D eigenvalue weighted by atomic mass is 10.1. The number of nitrogens with zero attached hydrogens (tertiary/aromatic N) is 3. The van der Waals surface area contributed by atoms with Gasteiger partial charge in [-0.1, -0.05) is 37.2 Å². The van der Waals surface area contributed by atoms with Gasteiger partial charge < -0.3 is 5.32 Å². The molecule has 0 aliphatic heterocycles. The number of aryl methyl sites for hydroxylation is 1. The zero-order valence-corrected chi connectivity index (χ0v) is 15.4. The van der Waals surface area contributed by atoms with E-state index >= 15 is 0 Å². The van der Waals surface area contributed by atoms with E-state index in [1.165, 1.54) is 11.8 Å². The number of rotatable bonds is 5. The first-order chi connectivity index (χ1) is 11.5. The van der Waals surface area contributed by atoms with E-state index in [1.54, 1.807) is 0 Å². The van der Waals surface area contributed by atoms with Crippen LogP contribution in [0.25, 0.3) is 16.6 Å². The summed E-state index contributed by atoms with van der Waals surface area (Å²) in [6.45, 7) is 6.85. The second kappa shape index (κ2) is 6.99. The molecule has 1 aromatic carbocycles. The van der Waals surface area contributed by atoms with Crippen LogP contribution >= 0.6 is 23.4 Å². The first-order valence-electron chi connectivity index (χ1n) is 7.79. The summed E-state index contributed by atoms with van der Waals surface area (Å²) in [6.07, 6.45) is 0. The van der Waals surface area contributed by atoms with Crippen LogP contribution in [-0.2, 0) is 4.79 Å². The molecule has 0 bridgehead atoms. The summed E-state index contributed by atoms with van der Waals surface area (Å²) in [5.74, 6) is 0.755. The zero-order valence-electron chi connectivity index (χ0n) is 13.8. The van der Waals surface area contributed by atoms with Crippen LogP contribution in [0.4, 0.5) is 0 Å². The van der Waals surface area contributed by atoms with Gasteiger partial charge in [0, 0.05) is 17.0 Å². The van der Waals surface area contributed by atoms with E-state index < -0.39 is 0 Å². The summed E-state index contributed by atoms with van der Waals surface area (Å²) in [5.41, 5.74) is 2.86. The number of nitrogens with one attached hydrogen (secondary N) is 1. The number of carbonyl (C=O) groups excluding carboxylic acids is 1. The van der Waals surface area contributed by atoms with Crippen LogP contribution in [0.1, 0.15) is 19.4 Å². The van der Waals surface area contributed by atoms with Crippen molar-refractivity contribution in [1.82, 2.24) is 19.9 Å². The van der Waals surface area contributed by atoms with E-state index in [2.05, 4.69) is 29.4 Å². The third kappa shape index (κ3) is 3.49. The Balaban J connectivity index is 1.91. The van der Waals surface area contributed by atoms with Gasteiger partial charge in [0.25, 0.3) is 0 Å². The van der Waals surface area contributed by atoms with Crippen molar-refractivity contribution in [1.29, 1.82) is 0 Å². The Morgan fingerprint density at radius 1 is 1.33 bits per heavy atom. The van der Waals surface area contributed by atoms with Gasteiger partial charge in [0.2, 0.25) is 5.91 Å². The smallest absolute Gasteiger partial charge is 0.230 e. The second-order valence-electron chi connectivity index (χ2n) is 6.15. The van der Waals surface area contributed by atoms with E-state index in [-0.39, 0.29) is 5.91 Å². The molecule has 0 aliphatic carbocycles. The number of carbonyl (C=O) groups is 1. The van der Waals surface area contributed by atoms with Gasteiger partial charge in [-0.25, -0.2) is 0 Å². The molecule has 0 fully saturated rings. The lowest BCUT2D eigenvalue weighted by molar-refractivity contribution is -0.118. The third-order valence-corrected chi connectivity index (χ3v) is 4.83. The maximum Gasteiger partial charge on any atom is 0.230 e. The highest BCUT2D eigenvalue weighted by Crippen LogP contribution is 2.27. The normalized spacial score (nSPS) is 11.5. The monoisotopic (exact) mass is 362 g/mol. The number of hydrogen-bond acceptors (Lipinski definition) is 4. The largest absolute Gasteiger partial charge is 0.355 e. The Bertz CT molecular complexity index is 906. The van der Waals surface area contributed by atoms with Crippen molar-refractivity contribution in [3.63, 3.8) is 0 Å². The fourth-order valence-corrected chi connectivity index (χ4v) is 3.44. The number of thioether (sulfide) groups is 1. The Labute approximate surface area is 149 Å². The molecule has 0 saturated heterocycles. The molecule has 24 heavy (non-hydrogen) atoms. The average Bonchev–Trinajstić information content (AvgIpc) is 2.94. The zero-order chi connectivity index (χ0) is 17.3. The van der Waals surface area contributed by atoms with Crippen molar-refractivity contribution in [2.24, 2.45) is 5.92 Å². The molecular weight excluding hydrogens is 344 g/mol. The summed E-state index contributed by atoms with van der Waals surface area (Å²) in [6, 6.07) is 7.74. The summed E-state index contributed by atoms with van der Waals surface area (Å²) in [7, 11) is 0. The minimum atomic E-state index is 0.00455. The molecule has 1 N–H and O–H groups in total. The van der Waals surface area contributed by atoms with Gasteiger partial charge in [-0.05, 0) is 42.7 Å². The number of halogens is 1. The van der Waals surface area contributed by atoms with Gasteiger partial charge in [0.1, 0.15) is 0 Å². The van der Waals surface area contributed by atoms with Gasteiger partial charge in [0.15, 0.2) is 10.8 Å². The molecule has 1 amide bonds. The Morgan fingerprint density at radius 3 is 2.88 bits per heavy atom. The number of aromatic nitrogens is 3. The van der Waals surface area contributed by atoms with Crippen molar-refractivity contribution in [3.05, 3.63) is 34.9 Å². The summed E-state index contributed by atoms with van der Waals surface area (Å²) < 4.78 is 1.97. The Morgan fingerprint density at radius 2 is 2.12 bits per heavy atom. The number of pyridine rings is 1. The molecule has 0 aliphatic rings. The molecular formula is C17H19ClN4OS. The summed E-state index contributed by atoms with van der Waals surface area (Å²) in [4.78, 5) is 11.9. The van der Waals surface area contributed by atoms with E-state index in [0.717, 1.165) is 22.1 Å². The van der Waals surface area contributed by atoms with E-state index in [9.17, 15) is 4.79 Å². The summed E-state index contributed by atoms with van der Waals surface area (Å²) in [5, 5.41) is 13.8. The molecule has 3 rings (SSSR count). The van der Waals surface area contributed by atoms with E-state index in [0.29, 0.717) is 28.4 Å². The van der Waals surface area contributed by atoms with Gasteiger partial charge in [-0.3, -0.25) is 9.20 Å². The quantitative estimate of drug-likeness (QED) is 0.703. The van der Waals surface area contributed by atoms with Crippen molar-refractivity contribution in [2.75, 3.05) is 12.3 Å². The van der Waals surface area contributed by atoms with Crippen molar-refractivity contribution < 1.29 is 4.79 Å². The van der Waals surface area contributed by atoms with Crippen molar-refractivity contribution in [2.45, 2.75) is 25.9 Å². The minimum Gasteiger partial charge on any atom is -0.355 e. The highest BCUT2D eigenvalue weighted by molar-refractivity contribution is 7.99. The molecule has 0 atom stereocenters. The van der Waals surface area contributed by atoms with Crippen LogP contribution in [-0.4, -0.2) is 32.8 Å². The predicted molar refractivity (Wildman–Crippen MR) is 98.8 cm³/mol. The van der Waals surface area contributed by atoms with Crippen LogP contribution < -0.4 is 5.32 Å². The summed E-state index contributed by atoms with van der Waals surface area (Å²) >= 11 is 7.51. The lowest BCUT2D eigenvalue weighted by Crippen LogP contribution is -2.28. The maximum atomic E-state index is 11.9. The second-order valence-corrected chi connectivity index (χ2v) is 7.53. The fourth-order valence-electron chi connectivity index (χ4n) is 2.48. The van der Waals surface area contributed by atoms with Gasteiger partial charge in [-0.2, -0.15) is 0 Å². The van der Waals surface area contributed by atoms with Crippen LogP contribution in [0.5, 0.6) is 0 Å². The molecule has 0 spiro atoms. The van der Waals surface area contributed by atoms with Crippen molar-refractivity contribution in [3.8, 4) is 0 Å². The molecule has 2 heterocycles. The topological polar surface area (TPSA) is 59.3 Å². The lowest BCUT2D eigenvalue weighted by Gasteiger charge is -2.09. The highest BCUT2D eigenvalue weighted by Gasteiger charge is 2.13. The Kier molecular flexibility index (Phi) is 4.96. The number of hydrogen-bond donors (Lipinski definition) is 1. The first-order valence-corrected chi connectivity index (χ1v) is 9.15. The van der Waals surface area contributed by atoms with Crippen LogP contribution in [0.2, 0.25) is 5.02 Å². The molecule has 2 aromatic heterocycles. The highest BCUT2D eigenvalue weighted by atomic mass is 35.5. The van der Waals surface area contributed by atoms with Crippen LogP contribution in [0, 0.1) is 12.8 Å². The molecule has 126 valence electrons. The number of benzene rings is 1. The Hall–Kier alpha value is -1.79. The number of amides is 1. The molecule has 0 radical (unpaired) electrons. The predicted octanol–water partition coefficient (Wildman–Crippen LogP) is 3.71. The SMILES string of the molecule is Cc1cc2nnc(SCC(=O)NCC(C)C)n2c2ccc(Cl)cc12. The standard InChI is InChI=1S/C17H19ClN4OS/c1-10(2)8-19-16(23)9-24-17-21-20-15-6-11(3)13-7-12(18)4-5-14(13)22(15)17/h4-7,10H,8-9H2,1-3H3,(H,19,23). The third-order valence-electron chi connectivity index (χ3n) is 3.67. The van der Waals surface area contributed by atoms with Gasteiger partial charge in [0.05, 0.1) is 11.3 Å². The molecule has 0 saturated carbocycles. The average molecular weight is 363 g/mol. The maximum absolute atomic E-state index is 11.9. The first kappa shape index (κ1) is 17.0. The molecule has 3 aromatic rings. The van der Waals surface area contributed by atoms with E-state index in [1.807, 2.05) is 35.6 Å². The fraction of sp³-hybridized carbons (Fsp3) is 0.353. The van der Waals surface area contributed by atoms with Crippen LogP contribution in [0.15, 0.2) is 29.4 Å². The molecule has 7 heteroatoms. The van der Waals surface area contributed by atoms with Gasteiger partial charge >= 0.3 is 0 Å². The number of fused-ring (bicyclic) bond motifs is 3.